The molecule has 0 saturated heterocycles. The maximum Gasteiger partial charge on any atom is 0.223 e. The third-order valence-electron chi connectivity index (χ3n) is 3.54. The number of carbonyl (C=O) groups is 1. The summed E-state index contributed by atoms with van der Waals surface area (Å²) in [5, 5.41) is 2.96. The van der Waals surface area contributed by atoms with E-state index >= 15 is 0 Å². The van der Waals surface area contributed by atoms with E-state index in [1.807, 2.05) is 27.7 Å². The van der Waals surface area contributed by atoms with Gasteiger partial charge < -0.3 is 10.1 Å². The molecule has 0 saturated carbocycles. The van der Waals surface area contributed by atoms with Crippen molar-refractivity contribution in [2.24, 2.45) is 5.92 Å². The molecule has 1 aromatic rings. The van der Waals surface area contributed by atoms with Crippen molar-refractivity contribution in [1.29, 1.82) is 0 Å². The molecule has 19 heavy (non-hydrogen) atoms. The summed E-state index contributed by atoms with van der Waals surface area (Å²) in [5.41, 5.74) is 2.86. The Morgan fingerprint density at radius 2 is 2.00 bits per heavy atom. The Balaban J connectivity index is 2.76. The number of amides is 1. The molecule has 1 amide bonds. The van der Waals surface area contributed by atoms with Crippen LogP contribution in [0.1, 0.15) is 43.5 Å². The van der Waals surface area contributed by atoms with Crippen LogP contribution in [0.25, 0.3) is 0 Å². The van der Waals surface area contributed by atoms with Crippen LogP contribution in [0.4, 0.5) is 0 Å². The van der Waals surface area contributed by atoms with E-state index in [1.165, 1.54) is 0 Å². The molecule has 1 aromatic heterocycles. The van der Waals surface area contributed by atoms with Gasteiger partial charge in [-0.3, -0.25) is 9.78 Å². The topological polar surface area (TPSA) is 51.2 Å². The molecule has 0 aliphatic rings. The summed E-state index contributed by atoms with van der Waals surface area (Å²) < 4.78 is 5.36. The van der Waals surface area contributed by atoms with E-state index in [4.69, 9.17) is 4.74 Å². The molecule has 1 N–H and O–H groups in total. The van der Waals surface area contributed by atoms with Gasteiger partial charge in [0.25, 0.3) is 0 Å². The summed E-state index contributed by atoms with van der Waals surface area (Å²) in [6.45, 7) is 8.46. The molecule has 0 aliphatic carbocycles. The molecular weight excluding hydrogens is 240 g/mol. The van der Waals surface area contributed by atoms with Crippen LogP contribution in [-0.2, 0) is 11.3 Å². The first kappa shape index (κ1) is 15.5. The van der Waals surface area contributed by atoms with Gasteiger partial charge in [-0.15, -0.1) is 0 Å². The monoisotopic (exact) mass is 264 g/mol. The zero-order valence-electron chi connectivity index (χ0n) is 12.5. The highest BCUT2D eigenvalue weighted by molar-refractivity contribution is 5.78. The highest BCUT2D eigenvalue weighted by Crippen LogP contribution is 2.23. The highest BCUT2D eigenvalue weighted by Gasteiger charge is 2.15. The zero-order chi connectivity index (χ0) is 14.4. The average Bonchev–Trinajstić information content (AvgIpc) is 2.40. The van der Waals surface area contributed by atoms with E-state index in [2.05, 4.69) is 10.3 Å². The molecule has 0 fully saturated rings. The maximum absolute atomic E-state index is 11.9. The van der Waals surface area contributed by atoms with Crippen molar-refractivity contribution >= 4 is 5.91 Å². The Labute approximate surface area is 115 Å². The lowest BCUT2D eigenvalue weighted by molar-refractivity contribution is -0.125. The molecule has 1 heterocycles. The maximum atomic E-state index is 11.9. The molecule has 0 unspecified atom stereocenters. The summed E-state index contributed by atoms with van der Waals surface area (Å²) in [6.07, 6.45) is 3.52. The Morgan fingerprint density at radius 1 is 1.37 bits per heavy atom. The molecule has 0 aromatic carbocycles. The van der Waals surface area contributed by atoms with Crippen molar-refractivity contribution in [3.05, 3.63) is 23.0 Å². The number of aromatic nitrogens is 1. The van der Waals surface area contributed by atoms with Gasteiger partial charge in [0.1, 0.15) is 5.75 Å². The van der Waals surface area contributed by atoms with Crippen molar-refractivity contribution < 1.29 is 9.53 Å². The summed E-state index contributed by atoms with van der Waals surface area (Å²) in [4.78, 5) is 16.3. The van der Waals surface area contributed by atoms with Crippen LogP contribution in [0.15, 0.2) is 6.20 Å². The third kappa shape index (κ3) is 3.69. The molecule has 1 rings (SSSR count). The van der Waals surface area contributed by atoms with Gasteiger partial charge in [-0.05, 0) is 26.7 Å². The van der Waals surface area contributed by atoms with Crippen molar-refractivity contribution in [3.63, 3.8) is 0 Å². The van der Waals surface area contributed by atoms with Crippen molar-refractivity contribution in [2.45, 2.75) is 47.1 Å². The minimum absolute atomic E-state index is 0.0904. The standard InChI is InChI=1S/C15H24N2O2/c1-6-12(7-2)15(18)17-9-13-11(4)14(19-5)10(3)8-16-13/h8,12H,6-7,9H2,1-5H3,(H,17,18). The quantitative estimate of drug-likeness (QED) is 0.859. The van der Waals surface area contributed by atoms with Crippen LogP contribution in [-0.4, -0.2) is 18.0 Å². The fraction of sp³-hybridized carbons (Fsp3) is 0.600. The van der Waals surface area contributed by atoms with Gasteiger partial charge in [-0.2, -0.15) is 0 Å². The van der Waals surface area contributed by atoms with E-state index in [0.29, 0.717) is 6.54 Å². The van der Waals surface area contributed by atoms with Crippen LogP contribution in [0.2, 0.25) is 0 Å². The second kappa shape index (κ2) is 7.12. The van der Waals surface area contributed by atoms with E-state index in [9.17, 15) is 4.79 Å². The number of pyridine rings is 1. The number of ether oxygens (including phenoxy) is 1. The summed E-state index contributed by atoms with van der Waals surface area (Å²) in [6, 6.07) is 0. The van der Waals surface area contributed by atoms with Crippen molar-refractivity contribution in [1.82, 2.24) is 10.3 Å². The smallest absolute Gasteiger partial charge is 0.223 e. The van der Waals surface area contributed by atoms with E-state index in [-0.39, 0.29) is 11.8 Å². The van der Waals surface area contributed by atoms with Gasteiger partial charge in [0.2, 0.25) is 5.91 Å². The third-order valence-corrected chi connectivity index (χ3v) is 3.54. The lowest BCUT2D eigenvalue weighted by Gasteiger charge is -2.15. The number of carbonyl (C=O) groups excluding carboxylic acids is 1. The van der Waals surface area contributed by atoms with Gasteiger partial charge in [0.15, 0.2) is 0 Å². The average molecular weight is 264 g/mol. The first-order valence-corrected chi connectivity index (χ1v) is 6.81. The van der Waals surface area contributed by atoms with E-state index in [1.54, 1.807) is 13.3 Å². The van der Waals surface area contributed by atoms with Gasteiger partial charge in [-0.25, -0.2) is 0 Å². The molecular formula is C15H24N2O2. The Hall–Kier alpha value is -1.58. The molecule has 4 heteroatoms. The van der Waals surface area contributed by atoms with Crippen molar-refractivity contribution in [3.8, 4) is 5.75 Å². The number of hydrogen-bond donors (Lipinski definition) is 1. The van der Waals surface area contributed by atoms with Crippen LogP contribution >= 0.6 is 0 Å². The predicted molar refractivity (Wildman–Crippen MR) is 76.2 cm³/mol. The Bertz CT molecular complexity index is 440. The van der Waals surface area contributed by atoms with Crippen LogP contribution in [0.3, 0.4) is 0 Å². The van der Waals surface area contributed by atoms with E-state index < -0.39 is 0 Å². The molecule has 0 bridgehead atoms. The van der Waals surface area contributed by atoms with Crippen LogP contribution in [0, 0.1) is 19.8 Å². The summed E-state index contributed by atoms with van der Waals surface area (Å²) >= 11 is 0. The second-order valence-electron chi connectivity index (χ2n) is 4.78. The van der Waals surface area contributed by atoms with Crippen LogP contribution in [0.5, 0.6) is 5.75 Å². The molecule has 0 radical (unpaired) electrons. The molecule has 0 aliphatic heterocycles. The molecule has 106 valence electrons. The number of hydrogen-bond acceptors (Lipinski definition) is 3. The van der Waals surface area contributed by atoms with Gasteiger partial charge in [-0.1, -0.05) is 13.8 Å². The minimum atomic E-state index is 0.0904. The number of rotatable bonds is 6. The van der Waals surface area contributed by atoms with Crippen LogP contribution < -0.4 is 10.1 Å². The molecule has 0 spiro atoms. The number of nitrogens with one attached hydrogen (secondary N) is 1. The normalized spacial score (nSPS) is 10.6. The summed E-state index contributed by atoms with van der Waals surface area (Å²) in [5.74, 6) is 1.04. The fourth-order valence-electron chi connectivity index (χ4n) is 2.22. The fourth-order valence-corrected chi connectivity index (χ4v) is 2.22. The predicted octanol–water partition coefficient (Wildman–Crippen LogP) is 2.76. The first-order chi connectivity index (χ1) is 9.04. The number of aryl methyl sites for hydroxylation is 1. The highest BCUT2D eigenvalue weighted by atomic mass is 16.5. The lowest BCUT2D eigenvalue weighted by atomic mass is 10.0. The van der Waals surface area contributed by atoms with Gasteiger partial charge in [0, 0.05) is 23.2 Å². The minimum Gasteiger partial charge on any atom is -0.496 e. The Kier molecular flexibility index (Phi) is 5.80. The summed E-state index contributed by atoms with van der Waals surface area (Å²) in [7, 11) is 1.65. The zero-order valence-corrected chi connectivity index (χ0v) is 12.5. The second-order valence-corrected chi connectivity index (χ2v) is 4.78. The van der Waals surface area contributed by atoms with E-state index in [0.717, 1.165) is 35.4 Å². The number of methoxy groups -OCH3 is 1. The number of nitrogens with zero attached hydrogens (tertiary/aromatic N) is 1. The SMILES string of the molecule is CCC(CC)C(=O)NCc1ncc(C)c(OC)c1C. The Morgan fingerprint density at radius 3 is 2.53 bits per heavy atom. The first-order valence-electron chi connectivity index (χ1n) is 6.81. The lowest BCUT2D eigenvalue weighted by Crippen LogP contribution is -2.30. The van der Waals surface area contributed by atoms with Gasteiger partial charge >= 0.3 is 0 Å². The van der Waals surface area contributed by atoms with Gasteiger partial charge in [0.05, 0.1) is 19.3 Å². The molecule has 0 atom stereocenters. The molecule has 4 nitrogen and oxygen atoms in total. The van der Waals surface area contributed by atoms with Crippen molar-refractivity contribution in [2.75, 3.05) is 7.11 Å². The largest absolute Gasteiger partial charge is 0.496 e.